The van der Waals surface area contributed by atoms with Crippen molar-refractivity contribution in [3.8, 4) is 11.1 Å². The van der Waals surface area contributed by atoms with E-state index < -0.39 is 53.6 Å². The van der Waals surface area contributed by atoms with Gasteiger partial charge in [-0.2, -0.15) is 0 Å². The Labute approximate surface area is 324 Å². The van der Waals surface area contributed by atoms with Crippen molar-refractivity contribution in [1.82, 2.24) is 20.9 Å². The number of carbonyl (C=O) groups excluding carboxylic acids is 5. The van der Waals surface area contributed by atoms with Gasteiger partial charge in [-0.1, -0.05) is 107 Å². The maximum Gasteiger partial charge on any atom is 0.407 e. The molecule has 11 heteroatoms. The first-order valence-electron chi connectivity index (χ1n) is 19.4. The topological polar surface area (TPSA) is 143 Å². The molecule has 11 nitrogen and oxygen atoms in total. The Bertz CT molecular complexity index is 1790. The van der Waals surface area contributed by atoms with Crippen LogP contribution in [0, 0.1) is 11.8 Å². The standard InChI is InChI=1S/C44H56N4O7/c1-27(2)24-36(41(51)48-23-15-22-37(48)42(52)55-44(5,6)7)45-40(50)38(28(3)4)47-39(49)35(25-29-16-9-8-10-17-29)46-43(53)54-26-34-32-20-13-11-18-30(32)31-19-12-14-21-33(31)34/h8-14,16-21,27-28,34-38H,15,22-26H2,1-7H3,(H,45,50)(H,46,53)(H,47,49)/t35-,36-,37-,38-/m0/s1. The van der Waals surface area contributed by atoms with E-state index in [1.807, 2.05) is 80.6 Å². The molecule has 3 aromatic carbocycles. The van der Waals surface area contributed by atoms with Crippen molar-refractivity contribution < 1.29 is 33.4 Å². The predicted octanol–water partition coefficient (Wildman–Crippen LogP) is 6.14. The van der Waals surface area contributed by atoms with Crippen molar-refractivity contribution in [3.63, 3.8) is 0 Å². The summed E-state index contributed by atoms with van der Waals surface area (Å²) in [6.45, 7) is 13.3. The molecule has 0 bridgehead atoms. The Morgan fingerprint density at radius 1 is 0.764 bits per heavy atom. The monoisotopic (exact) mass is 752 g/mol. The Hall–Kier alpha value is -5.19. The lowest BCUT2D eigenvalue weighted by Gasteiger charge is -2.32. The van der Waals surface area contributed by atoms with Crippen molar-refractivity contribution in [1.29, 1.82) is 0 Å². The highest BCUT2D eigenvalue weighted by molar-refractivity contribution is 5.95. The minimum Gasteiger partial charge on any atom is -0.458 e. The van der Waals surface area contributed by atoms with E-state index in [1.54, 1.807) is 34.6 Å². The third-order valence-corrected chi connectivity index (χ3v) is 10.0. The van der Waals surface area contributed by atoms with E-state index in [-0.39, 0.29) is 36.7 Å². The van der Waals surface area contributed by atoms with Gasteiger partial charge in [0.05, 0.1) is 0 Å². The fourth-order valence-electron chi connectivity index (χ4n) is 7.43. The molecule has 1 heterocycles. The van der Waals surface area contributed by atoms with E-state index in [2.05, 4.69) is 28.1 Å². The SMILES string of the molecule is CC(C)C[C@H](NC(=O)[C@@H](NC(=O)[C@H](Cc1ccccc1)NC(=O)OCC1c2ccccc2-c2ccccc21)C(C)C)C(=O)N1CCC[C@H]1C(=O)OC(C)(C)C. The number of nitrogens with one attached hydrogen (secondary N) is 3. The molecule has 5 rings (SSSR count). The van der Waals surface area contributed by atoms with Crippen LogP contribution in [-0.2, 0) is 35.1 Å². The number of likely N-dealkylation sites (tertiary alicyclic amines) is 1. The molecule has 1 saturated heterocycles. The van der Waals surface area contributed by atoms with Gasteiger partial charge < -0.3 is 30.3 Å². The van der Waals surface area contributed by atoms with Crippen molar-refractivity contribution in [2.45, 2.75) is 110 Å². The molecule has 4 atom stereocenters. The predicted molar refractivity (Wildman–Crippen MR) is 211 cm³/mol. The lowest BCUT2D eigenvalue weighted by molar-refractivity contribution is -0.163. The largest absolute Gasteiger partial charge is 0.458 e. The second kappa shape index (κ2) is 18.0. The van der Waals surface area contributed by atoms with Crippen LogP contribution in [0.25, 0.3) is 11.1 Å². The highest BCUT2D eigenvalue weighted by Gasteiger charge is 2.41. The Morgan fingerprint density at radius 2 is 1.36 bits per heavy atom. The van der Waals surface area contributed by atoms with Gasteiger partial charge in [0.25, 0.3) is 0 Å². The smallest absolute Gasteiger partial charge is 0.407 e. The van der Waals surface area contributed by atoms with Crippen molar-refractivity contribution in [2.75, 3.05) is 13.2 Å². The summed E-state index contributed by atoms with van der Waals surface area (Å²) in [6, 6.07) is 21.6. The van der Waals surface area contributed by atoms with Crippen LogP contribution in [0.5, 0.6) is 0 Å². The summed E-state index contributed by atoms with van der Waals surface area (Å²) in [5.41, 5.74) is 4.44. The zero-order valence-electron chi connectivity index (χ0n) is 33.1. The third-order valence-electron chi connectivity index (χ3n) is 10.0. The molecule has 4 amide bonds. The molecule has 1 aliphatic carbocycles. The van der Waals surface area contributed by atoms with Crippen LogP contribution in [0.4, 0.5) is 4.79 Å². The minimum absolute atomic E-state index is 0.0422. The maximum atomic E-state index is 14.0. The molecule has 0 unspecified atom stereocenters. The van der Waals surface area contributed by atoms with Crippen molar-refractivity contribution in [3.05, 3.63) is 95.6 Å². The molecular weight excluding hydrogens is 697 g/mol. The molecule has 294 valence electrons. The number of hydrogen-bond donors (Lipinski definition) is 3. The summed E-state index contributed by atoms with van der Waals surface area (Å²) < 4.78 is 11.4. The number of ether oxygens (including phenoxy) is 2. The second-order valence-electron chi connectivity index (χ2n) is 16.4. The quantitative estimate of drug-likeness (QED) is 0.168. The number of alkyl carbamates (subject to hydrolysis) is 1. The Morgan fingerprint density at radius 3 is 1.95 bits per heavy atom. The van der Waals surface area contributed by atoms with Crippen LogP contribution >= 0.6 is 0 Å². The van der Waals surface area contributed by atoms with Crippen molar-refractivity contribution >= 4 is 29.8 Å². The van der Waals surface area contributed by atoms with Gasteiger partial charge in [0, 0.05) is 18.9 Å². The zero-order chi connectivity index (χ0) is 39.9. The van der Waals surface area contributed by atoms with E-state index in [4.69, 9.17) is 9.47 Å². The van der Waals surface area contributed by atoms with Crippen LogP contribution < -0.4 is 16.0 Å². The number of benzene rings is 3. The summed E-state index contributed by atoms with van der Waals surface area (Å²) in [5.74, 6) is -2.41. The Kier molecular flexibility index (Phi) is 13.4. The highest BCUT2D eigenvalue weighted by atomic mass is 16.6. The molecule has 1 fully saturated rings. The molecular formula is C44H56N4O7. The van der Waals surface area contributed by atoms with Gasteiger partial charge in [0.1, 0.15) is 36.4 Å². The molecule has 0 aromatic heterocycles. The average Bonchev–Trinajstić information content (AvgIpc) is 3.75. The molecule has 0 saturated carbocycles. The number of nitrogens with zero attached hydrogens (tertiary/aromatic N) is 1. The van der Waals surface area contributed by atoms with Crippen LogP contribution in [0.15, 0.2) is 78.9 Å². The summed E-state index contributed by atoms with van der Waals surface area (Å²) >= 11 is 0. The molecule has 3 N–H and O–H groups in total. The van der Waals surface area contributed by atoms with Crippen LogP contribution in [-0.4, -0.2) is 77.6 Å². The molecule has 0 radical (unpaired) electrons. The number of fused-ring (bicyclic) bond motifs is 3. The van der Waals surface area contributed by atoms with Crippen LogP contribution in [0.1, 0.15) is 90.3 Å². The van der Waals surface area contributed by atoms with Gasteiger partial charge >= 0.3 is 12.1 Å². The van der Waals surface area contributed by atoms with Crippen LogP contribution in [0.2, 0.25) is 0 Å². The van der Waals surface area contributed by atoms with E-state index in [9.17, 15) is 24.0 Å². The van der Waals surface area contributed by atoms with E-state index in [0.717, 1.165) is 27.8 Å². The summed E-state index contributed by atoms with van der Waals surface area (Å²) in [7, 11) is 0. The number of rotatable bonds is 14. The molecule has 2 aliphatic rings. The fourth-order valence-corrected chi connectivity index (χ4v) is 7.43. The molecule has 3 aromatic rings. The fraction of sp³-hybridized carbons (Fsp3) is 0.477. The minimum atomic E-state index is -1.07. The summed E-state index contributed by atoms with van der Waals surface area (Å²) in [4.78, 5) is 70.0. The number of esters is 1. The number of hydrogen-bond acceptors (Lipinski definition) is 7. The van der Waals surface area contributed by atoms with Gasteiger partial charge in [0.15, 0.2) is 0 Å². The van der Waals surface area contributed by atoms with Gasteiger partial charge in [-0.25, -0.2) is 9.59 Å². The van der Waals surface area contributed by atoms with Crippen molar-refractivity contribution in [2.24, 2.45) is 11.8 Å². The number of amides is 4. The van der Waals surface area contributed by atoms with Gasteiger partial charge in [-0.15, -0.1) is 0 Å². The zero-order valence-corrected chi connectivity index (χ0v) is 33.1. The first-order valence-corrected chi connectivity index (χ1v) is 19.4. The second-order valence-corrected chi connectivity index (χ2v) is 16.4. The van der Waals surface area contributed by atoms with Gasteiger partial charge in [0.2, 0.25) is 17.7 Å². The third kappa shape index (κ3) is 10.5. The molecule has 1 aliphatic heterocycles. The lowest BCUT2D eigenvalue weighted by atomic mass is 9.98. The maximum absolute atomic E-state index is 14.0. The Balaban J connectivity index is 1.28. The van der Waals surface area contributed by atoms with Gasteiger partial charge in [-0.05, 0) is 79.7 Å². The number of carbonyl (C=O) groups is 5. The molecule has 0 spiro atoms. The van der Waals surface area contributed by atoms with E-state index in [1.165, 1.54) is 4.90 Å². The average molecular weight is 753 g/mol. The summed E-state index contributed by atoms with van der Waals surface area (Å²) in [6.07, 6.45) is 0.853. The first kappa shape index (κ1) is 41.0. The summed E-state index contributed by atoms with van der Waals surface area (Å²) in [5, 5.41) is 8.54. The van der Waals surface area contributed by atoms with Gasteiger partial charge in [-0.3, -0.25) is 14.4 Å². The molecule has 55 heavy (non-hydrogen) atoms. The van der Waals surface area contributed by atoms with Crippen LogP contribution in [0.3, 0.4) is 0 Å². The lowest BCUT2D eigenvalue weighted by Crippen LogP contribution is -2.59. The van der Waals surface area contributed by atoms with E-state index >= 15 is 0 Å². The normalized spacial score (nSPS) is 16.8. The van der Waals surface area contributed by atoms with E-state index in [0.29, 0.717) is 25.8 Å². The first-order chi connectivity index (χ1) is 26.1. The highest BCUT2D eigenvalue weighted by Crippen LogP contribution is 2.44.